The second kappa shape index (κ2) is 5.31. The van der Waals surface area contributed by atoms with Crippen LogP contribution in [0.1, 0.15) is 39.4 Å². The molecule has 0 unspecified atom stereocenters. The van der Waals surface area contributed by atoms with Gasteiger partial charge >= 0.3 is 5.97 Å². The molecule has 1 aromatic heterocycles. The van der Waals surface area contributed by atoms with Gasteiger partial charge in [0, 0.05) is 4.88 Å². The monoisotopic (exact) mass is 253 g/mol. The lowest BCUT2D eigenvalue weighted by molar-refractivity contribution is -0.135. The van der Waals surface area contributed by atoms with Crippen molar-refractivity contribution in [1.29, 1.82) is 0 Å². The summed E-state index contributed by atoms with van der Waals surface area (Å²) in [6.07, 6.45) is 5.70. The van der Waals surface area contributed by atoms with Gasteiger partial charge in [-0.05, 0) is 37.3 Å². The molecule has 0 fully saturated rings. The van der Waals surface area contributed by atoms with Crippen LogP contribution in [0.15, 0.2) is 6.07 Å². The summed E-state index contributed by atoms with van der Waals surface area (Å²) in [4.78, 5) is 24.0. The summed E-state index contributed by atoms with van der Waals surface area (Å²) in [6.45, 7) is -0.318. The second-order valence-corrected chi connectivity index (χ2v) is 5.33. The van der Waals surface area contributed by atoms with Crippen molar-refractivity contribution in [3.8, 4) is 0 Å². The highest BCUT2D eigenvalue weighted by Gasteiger charge is 2.16. The summed E-state index contributed by atoms with van der Waals surface area (Å²) >= 11 is 1.50. The molecule has 0 atom stereocenters. The Labute approximate surface area is 104 Å². The average Bonchev–Trinajstić information content (AvgIpc) is 2.58. The van der Waals surface area contributed by atoms with Crippen LogP contribution in [0.2, 0.25) is 0 Å². The molecule has 0 spiro atoms. The molecule has 0 saturated carbocycles. The van der Waals surface area contributed by atoms with Crippen molar-refractivity contribution in [2.75, 3.05) is 6.54 Å². The highest BCUT2D eigenvalue weighted by molar-refractivity contribution is 7.14. The molecule has 1 aromatic rings. The largest absolute Gasteiger partial charge is 0.480 e. The third-order valence-corrected chi connectivity index (χ3v) is 4.11. The fraction of sp³-hybridized carbons (Fsp3) is 0.500. The number of thiophene rings is 1. The molecule has 2 rings (SSSR count). The van der Waals surface area contributed by atoms with Crippen LogP contribution in [0.25, 0.3) is 0 Å². The van der Waals surface area contributed by atoms with Crippen molar-refractivity contribution in [1.82, 2.24) is 5.32 Å². The molecule has 1 aliphatic carbocycles. The van der Waals surface area contributed by atoms with Crippen molar-refractivity contribution < 1.29 is 14.7 Å². The van der Waals surface area contributed by atoms with Crippen molar-refractivity contribution in [2.24, 2.45) is 0 Å². The standard InChI is InChI=1S/C12H15NO3S/c14-11(15)7-13-12(16)10-6-8-4-2-1-3-5-9(8)17-10/h6H,1-5,7H2,(H,13,16)(H,14,15). The molecule has 1 amide bonds. The number of hydrogen-bond acceptors (Lipinski definition) is 3. The Balaban J connectivity index is 2.06. The summed E-state index contributed by atoms with van der Waals surface area (Å²) in [5.74, 6) is -1.29. The van der Waals surface area contributed by atoms with Crippen molar-refractivity contribution >= 4 is 23.2 Å². The van der Waals surface area contributed by atoms with Gasteiger partial charge in [0.1, 0.15) is 6.54 Å². The first-order valence-corrected chi connectivity index (χ1v) is 6.60. The van der Waals surface area contributed by atoms with Gasteiger partial charge in [-0.25, -0.2) is 0 Å². The Hall–Kier alpha value is -1.36. The third-order valence-electron chi connectivity index (χ3n) is 2.87. The number of aryl methyl sites for hydroxylation is 2. The summed E-state index contributed by atoms with van der Waals surface area (Å²) in [5, 5.41) is 10.9. The van der Waals surface area contributed by atoms with E-state index in [4.69, 9.17) is 5.11 Å². The lowest BCUT2D eigenvalue weighted by Gasteiger charge is -1.98. The molecule has 1 aliphatic rings. The van der Waals surface area contributed by atoms with E-state index in [1.54, 1.807) is 0 Å². The maximum atomic E-state index is 11.7. The highest BCUT2D eigenvalue weighted by Crippen LogP contribution is 2.28. The van der Waals surface area contributed by atoms with E-state index in [2.05, 4.69) is 5.32 Å². The van der Waals surface area contributed by atoms with Gasteiger partial charge < -0.3 is 10.4 Å². The molecule has 0 aromatic carbocycles. The first kappa shape index (κ1) is 12.1. The molecular weight excluding hydrogens is 238 g/mol. The van der Waals surface area contributed by atoms with Crippen molar-refractivity contribution in [3.63, 3.8) is 0 Å². The van der Waals surface area contributed by atoms with E-state index in [0.29, 0.717) is 4.88 Å². The number of carbonyl (C=O) groups excluding carboxylic acids is 1. The van der Waals surface area contributed by atoms with Crippen LogP contribution in [-0.2, 0) is 17.6 Å². The fourth-order valence-electron chi connectivity index (χ4n) is 2.02. The Kier molecular flexibility index (Phi) is 3.78. The van der Waals surface area contributed by atoms with E-state index in [1.807, 2.05) is 6.07 Å². The number of carbonyl (C=O) groups is 2. The Bertz CT molecular complexity index is 415. The van der Waals surface area contributed by atoms with E-state index in [-0.39, 0.29) is 12.5 Å². The SMILES string of the molecule is O=C(O)CNC(=O)c1cc2c(s1)CCCCC2. The van der Waals surface area contributed by atoms with Crippen molar-refractivity contribution in [2.45, 2.75) is 32.1 Å². The first-order valence-electron chi connectivity index (χ1n) is 5.78. The van der Waals surface area contributed by atoms with E-state index in [9.17, 15) is 9.59 Å². The molecule has 0 saturated heterocycles. The molecule has 92 valence electrons. The lowest BCUT2D eigenvalue weighted by atomic mass is 10.1. The van der Waals surface area contributed by atoms with Crippen LogP contribution >= 0.6 is 11.3 Å². The molecule has 4 nitrogen and oxygen atoms in total. The van der Waals surface area contributed by atoms with E-state index in [0.717, 1.165) is 12.8 Å². The molecule has 5 heteroatoms. The molecule has 1 heterocycles. The van der Waals surface area contributed by atoms with E-state index >= 15 is 0 Å². The Morgan fingerprint density at radius 2 is 2.06 bits per heavy atom. The number of fused-ring (bicyclic) bond motifs is 1. The third kappa shape index (κ3) is 3.06. The van der Waals surface area contributed by atoms with Gasteiger partial charge in [-0.3, -0.25) is 9.59 Å². The highest BCUT2D eigenvalue weighted by atomic mass is 32.1. The Morgan fingerprint density at radius 3 is 2.82 bits per heavy atom. The van der Waals surface area contributed by atoms with Gasteiger partial charge in [0.2, 0.25) is 0 Å². The minimum Gasteiger partial charge on any atom is -0.480 e. The van der Waals surface area contributed by atoms with Gasteiger partial charge in [0.05, 0.1) is 4.88 Å². The zero-order valence-electron chi connectivity index (χ0n) is 9.49. The molecule has 0 aliphatic heterocycles. The average molecular weight is 253 g/mol. The maximum absolute atomic E-state index is 11.7. The smallest absolute Gasteiger partial charge is 0.322 e. The van der Waals surface area contributed by atoms with Crippen molar-refractivity contribution in [3.05, 3.63) is 21.4 Å². The zero-order chi connectivity index (χ0) is 12.3. The second-order valence-electron chi connectivity index (χ2n) is 4.20. The minimum atomic E-state index is -1.02. The predicted octanol–water partition coefficient (Wildman–Crippen LogP) is 1.83. The van der Waals surface area contributed by atoms with Gasteiger partial charge in [-0.2, -0.15) is 0 Å². The van der Waals surface area contributed by atoms with Crippen LogP contribution < -0.4 is 5.32 Å². The van der Waals surface area contributed by atoms with Gasteiger partial charge in [-0.15, -0.1) is 11.3 Å². The minimum absolute atomic E-state index is 0.273. The molecule has 0 radical (unpaired) electrons. The van der Waals surface area contributed by atoms with Gasteiger partial charge in [0.15, 0.2) is 0 Å². The van der Waals surface area contributed by atoms with Crippen LogP contribution in [-0.4, -0.2) is 23.5 Å². The fourth-order valence-corrected chi connectivity index (χ4v) is 3.19. The number of carboxylic acids is 1. The molecule has 0 bridgehead atoms. The van der Waals surface area contributed by atoms with E-state index in [1.165, 1.54) is 41.0 Å². The van der Waals surface area contributed by atoms with Gasteiger partial charge in [0.25, 0.3) is 5.91 Å². The quantitative estimate of drug-likeness (QED) is 0.808. The number of hydrogen-bond donors (Lipinski definition) is 2. The predicted molar refractivity (Wildman–Crippen MR) is 65.5 cm³/mol. The molecule has 17 heavy (non-hydrogen) atoms. The topological polar surface area (TPSA) is 66.4 Å². The molecule has 2 N–H and O–H groups in total. The molecular formula is C12H15NO3S. The number of carboxylic acid groups (broad SMARTS) is 1. The summed E-state index contributed by atoms with van der Waals surface area (Å²) in [7, 11) is 0. The number of amides is 1. The summed E-state index contributed by atoms with van der Waals surface area (Å²) in [6, 6.07) is 1.92. The number of aliphatic carboxylic acids is 1. The van der Waals surface area contributed by atoms with Crippen LogP contribution in [0.5, 0.6) is 0 Å². The normalized spacial score (nSPS) is 14.8. The van der Waals surface area contributed by atoms with Crippen LogP contribution in [0, 0.1) is 0 Å². The van der Waals surface area contributed by atoms with Crippen LogP contribution in [0.4, 0.5) is 0 Å². The van der Waals surface area contributed by atoms with E-state index < -0.39 is 5.97 Å². The van der Waals surface area contributed by atoms with Gasteiger partial charge in [-0.1, -0.05) is 6.42 Å². The maximum Gasteiger partial charge on any atom is 0.322 e. The summed E-state index contributed by atoms with van der Waals surface area (Å²) < 4.78 is 0. The number of nitrogens with one attached hydrogen (secondary N) is 1. The number of rotatable bonds is 3. The lowest BCUT2D eigenvalue weighted by Crippen LogP contribution is -2.28. The van der Waals surface area contributed by atoms with Crippen LogP contribution in [0.3, 0.4) is 0 Å². The first-order chi connectivity index (χ1) is 8.16. The summed E-state index contributed by atoms with van der Waals surface area (Å²) in [5.41, 5.74) is 1.27. The zero-order valence-corrected chi connectivity index (χ0v) is 10.3. The Morgan fingerprint density at radius 1 is 1.29 bits per heavy atom.